The van der Waals surface area contributed by atoms with Gasteiger partial charge in [-0.3, -0.25) is 10.1 Å². The van der Waals surface area contributed by atoms with Crippen molar-refractivity contribution in [3.63, 3.8) is 0 Å². The van der Waals surface area contributed by atoms with Crippen molar-refractivity contribution in [2.75, 3.05) is 18.5 Å². The van der Waals surface area contributed by atoms with Crippen LogP contribution in [-0.4, -0.2) is 33.6 Å². The highest BCUT2D eigenvalue weighted by atomic mass is 32.1. The van der Waals surface area contributed by atoms with Gasteiger partial charge >= 0.3 is 5.97 Å². The highest BCUT2D eigenvalue weighted by Gasteiger charge is 2.37. The average molecular weight is 403 g/mol. The molecule has 2 N–H and O–H groups in total. The van der Waals surface area contributed by atoms with Crippen LogP contribution in [0.3, 0.4) is 0 Å². The van der Waals surface area contributed by atoms with Gasteiger partial charge in [0, 0.05) is 35.9 Å². The number of nitrogens with one attached hydrogen (secondary N) is 1. The van der Waals surface area contributed by atoms with Crippen molar-refractivity contribution < 1.29 is 19.6 Å². The van der Waals surface area contributed by atoms with E-state index in [0.29, 0.717) is 29.7 Å². The molecule has 0 bridgehead atoms. The summed E-state index contributed by atoms with van der Waals surface area (Å²) in [6.07, 6.45) is 1.08. The summed E-state index contributed by atoms with van der Waals surface area (Å²) in [5.74, 6) is -0.989. The number of nitrogens with zero attached hydrogens (tertiary/aromatic N) is 2. The molecule has 0 saturated carbocycles. The van der Waals surface area contributed by atoms with E-state index in [9.17, 15) is 20.0 Å². The Balaban J connectivity index is 2.18. The first-order chi connectivity index (χ1) is 13.5. The van der Waals surface area contributed by atoms with Crippen LogP contribution in [0.5, 0.6) is 0 Å². The van der Waals surface area contributed by atoms with Gasteiger partial charge in [0.2, 0.25) is 0 Å². The number of ether oxygens (including phenoxy) is 1. The van der Waals surface area contributed by atoms with Gasteiger partial charge in [0.1, 0.15) is 5.00 Å². The zero-order chi connectivity index (χ0) is 20.3. The molecule has 0 spiro atoms. The Labute approximate surface area is 166 Å². The number of anilines is 1. The number of nitro groups is 1. The molecule has 3 rings (SSSR count). The van der Waals surface area contributed by atoms with Gasteiger partial charge in [0.25, 0.3) is 5.69 Å². The molecule has 148 valence electrons. The number of hydrogen-bond donors (Lipinski definition) is 2. The first-order valence-corrected chi connectivity index (χ1v) is 9.73. The minimum Gasteiger partial charge on any atom is -0.463 e. The minimum absolute atomic E-state index is 0.0286. The molecule has 1 unspecified atom stereocenters. The number of aromatic nitrogens is 1. The number of aliphatic hydroxyl groups excluding tert-OH is 1. The van der Waals surface area contributed by atoms with Crippen molar-refractivity contribution in [3.8, 4) is 0 Å². The molecule has 0 amide bonds. The number of aryl methyl sites for hydroxylation is 1. The smallest absolute Gasteiger partial charge is 0.336 e. The van der Waals surface area contributed by atoms with Gasteiger partial charge in [-0.15, -0.1) is 0 Å². The van der Waals surface area contributed by atoms with Crippen LogP contribution < -0.4 is 5.32 Å². The molecule has 1 aromatic carbocycles. The summed E-state index contributed by atoms with van der Waals surface area (Å²) >= 11 is 1.28. The SMILES string of the molecule is CCOC(=O)C1=C(C)Nc2snc(CCCO)c2C1c1cccc([N+](=O)[O-])c1. The largest absolute Gasteiger partial charge is 0.463 e. The Kier molecular flexibility index (Phi) is 6.05. The topological polar surface area (TPSA) is 115 Å². The van der Waals surface area contributed by atoms with Gasteiger partial charge in [0.15, 0.2) is 0 Å². The molecule has 2 heterocycles. The number of fused-ring (bicyclic) bond motifs is 1. The molecule has 1 aliphatic rings. The number of carbonyl (C=O) groups is 1. The third-order valence-corrected chi connectivity index (χ3v) is 5.38. The second-order valence-electron chi connectivity index (χ2n) is 6.37. The second-order valence-corrected chi connectivity index (χ2v) is 7.14. The molecular weight excluding hydrogens is 382 g/mol. The van der Waals surface area contributed by atoms with Crippen LogP contribution in [0.4, 0.5) is 10.7 Å². The Hall–Kier alpha value is -2.78. The first kappa shape index (κ1) is 20.0. The van der Waals surface area contributed by atoms with E-state index in [2.05, 4.69) is 9.69 Å². The van der Waals surface area contributed by atoms with E-state index in [1.807, 2.05) is 0 Å². The van der Waals surface area contributed by atoms with E-state index in [1.54, 1.807) is 26.0 Å². The summed E-state index contributed by atoms with van der Waals surface area (Å²) in [4.78, 5) is 23.6. The van der Waals surface area contributed by atoms with E-state index < -0.39 is 16.8 Å². The van der Waals surface area contributed by atoms with Gasteiger partial charge in [-0.2, -0.15) is 4.37 Å². The van der Waals surface area contributed by atoms with Crippen molar-refractivity contribution in [2.45, 2.75) is 32.6 Å². The molecular formula is C19H21N3O5S. The maximum atomic E-state index is 12.8. The van der Waals surface area contributed by atoms with Crippen LogP contribution in [0.2, 0.25) is 0 Å². The molecule has 1 atom stereocenters. The fourth-order valence-corrected chi connectivity index (χ4v) is 4.30. The summed E-state index contributed by atoms with van der Waals surface area (Å²) in [5, 5.41) is 24.5. The standard InChI is InChI=1S/C19H21N3O5S/c1-3-27-19(24)15-11(2)20-18-17(14(21-28-18)8-5-9-23)16(15)12-6-4-7-13(10-12)22(25)26/h4,6-7,10,16,20,23H,3,5,8-9H2,1-2H3. The quantitative estimate of drug-likeness (QED) is 0.414. The fourth-order valence-electron chi connectivity index (χ4n) is 3.37. The number of nitro benzene ring substituents is 1. The summed E-state index contributed by atoms with van der Waals surface area (Å²) in [7, 11) is 0. The van der Waals surface area contributed by atoms with Crippen LogP contribution in [0.1, 0.15) is 43.0 Å². The Bertz CT molecular complexity index is 937. The van der Waals surface area contributed by atoms with Gasteiger partial charge in [0.05, 0.1) is 22.8 Å². The van der Waals surface area contributed by atoms with Crippen molar-refractivity contribution >= 4 is 28.2 Å². The molecule has 0 radical (unpaired) electrons. The fraction of sp³-hybridized carbons (Fsp3) is 0.368. The highest BCUT2D eigenvalue weighted by Crippen LogP contribution is 2.46. The lowest BCUT2D eigenvalue weighted by molar-refractivity contribution is -0.384. The predicted octanol–water partition coefficient (Wildman–Crippen LogP) is 3.37. The third-order valence-electron chi connectivity index (χ3n) is 4.57. The van der Waals surface area contributed by atoms with Gasteiger partial charge < -0.3 is 15.2 Å². The predicted molar refractivity (Wildman–Crippen MR) is 105 cm³/mol. The van der Waals surface area contributed by atoms with Crippen LogP contribution in [-0.2, 0) is 16.0 Å². The molecule has 1 aliphatic heterocycles. The molecule has 8 nitrogen and oxygen atoms in total. The molecule has 0 saturated heterocycles. The van der Waals surface area contributed by atoms with Crippen molar-refractivity contribution in [2.24, 2.45) is 0 Å². The van der Waals surface area contributed by atoms with E-state index in [0.717, 1.165) is 16.3 Å². The van der Waals surface area contributed by atoms with E-state index in [-0.39, 0.29) is 18.9 Å². The lowest BCUT2D eigenvalue weighted by atomic mass is 9.81. The van der Waals surface area contributed by atoms with E-state index in [1.165, 1.54) is 23.7 Å². The molecule has 0 aliphatic carbocycles. The van der Waals surface area contributed by atoms with Gasteiger partial charge in [-0.05, 0) is 43.8 Å². The number of non-ortho nitro benzene ring substituents is 1. The first-order valence-electron chi connectivity index (χ1n) is 8.96. The Morgan fingerprint density at radius 1 is 1.46 bits per heavy atom. The number of carbonyl (C=O) groups excluding carboxylic acids is 1. The lowest BCUT2D eigenvalue weighted by Gasteiger charge is -2.28. The van der Waals surface area contributed by atoms with Crippen molar-refractivity contribution in [3.05, 3.63) is 62.5 Å². The number of rotatable bonds is 7. The highest BCUT2D eigenvalue weighted by molar-refractivity contribution is 7.10. The maximum absolute atomic E-state index is 12.8. The third kappa shape index (κ3) is 3.76. The number of aliphatic hydroxyl groups is 1. The number of hydrogen-bond acceptors (Lipinski definition) is 8. The zero-order valence-electron chi connectivity index (χ0n) is 15.6. The molecule has 28 heavy (non-hydrogen) atoms. The van der Waals surface area contributed by atoms with Crippen molar-refractivity contribution in [1.82, 2.24) is 4.37 Å². The molecule has 0 fully saturated rings. The molecule has 1 aromatic heterocycles. The summed E-state index contributed by atoms with van der Waals surface area (Å²) in [5.41, 5.74) is 3.23. The summed E-state index contributed by atoms with van der Waals surface area (Å²) in [6.45, 7) is 3.77. The second kappa shape index (κ2) is 8.49. The summed E-state index contributed by atoms with van der Waals surface area (Å²) in [6, 6.07) is 6.29. The molecule has 9 heteroatoms. The van der Waals surface area contributed by atoms with Crippen LogP contribution >= 0.6 is 11.5 Å². The van der Waals surface area contributed by atoms with Gasteiger partial charge in [-0.1, -0.05) is 12.1 Å². The zero-order valence-corrected chi connectivity index (χ0v) is 16.4. The average Bonchev–Trinajstić information content (AvgIpc) is 3.07. The number of allylic oxidation sites excluding steroid dienone is 1. The summed E-state index contributed by atoms with van der Waals surface area (Å²) < 4.78 is 9.76. The number of benzene rings is 1. The Morgan fingerprint density at radius 3 is 2.93 bits per heavy atom. The van der Waals surface area contributed by atoms with Crippen LogP contribution in [0, 0.1) is 10.1 Å². The minimum atomic E-state index is -0.525. The van der Waals surface area contributed by atoms with Crippen molar-refractivity contribution in [1.29, 1.82) is 0 Å². The van der Waals surface area contributed by atoms with Gasteiger partial charge in [-0.25, -0.2) is 4.79 Å². The normalized spacial score (nSPS) is 15.8. The maximum Gasteiger partial charge on any atom is 0.336 e. The van der Waals surface area contributed by atoms with E-state index in [4.69, 9.17) is 4.74 Å². The Morgan fingerprint density at radius 2 is 2.25 bits per heavy atom. The molecule has 2 aromatic rings. The van der Waals surface area contributed by atoms with Crippen LogP contribution in [0.25, 0.3) is 0 Å². The van der Waals surface area contributed by atoms with Crippen LogP contribution in [0.15, 0.2) is 35.5 Å². The monoisotopic (exact) mass is 403 g/mol. The lowest BCUT2D eigenvalue weighted by Crippen LogP contribution is -2.24. The van der Waals surface area contributed by atoms with E-state index >= 15 is 0 Å². The number of esters is 1.